The molecule has 1 aromatic rings. The van der Waals surface area contributed by atoms with Crippen molar-refractivity contribution in [1.82, 2.24) is 5.32 Å². The Morgan fingerprint density at radius 1 is 1.43 bits per heavy atom. The third-order valence-electron chi connectivity index (χ3n) is 2.08. The van der Waals surface area contributed by atoms with Crippen LogP contribution in [-0.4, -0.2) is 25.3 Å². The van der Waals surface area contributed by atoms with E-state index in [9.17, 15) is 4.79 Å². The largest absolute Gasteiger partial charge is 0.496 e. The van der Waals surface area contributed by atoms with E-state index in [2.05, 4.69) is 21.2 Å². The number of amides is 1. The molecule has 0 unspecified atom stereocenters. The molecule has 116 valence electrons. The number of methoxy groups -OCH3 is 1. The Balaban J connectivity index is 0.000000382. The number of carbonyl (C=O) groups is 1. The third kappa shape index (κ3) is 9.74. The van der Waals surface area contributed by atoms with Crippen molar-refractivity contribution >= 4 is 22.0 Å². The van der Waals surface area contributed by atoms with Crippen molar-refractivity contribution in [2.24, 2.45) is 0 Å². The minimum Gasteiger partial charge on any atom is -0.496 e. The zero-order valence-corrected chi connectivity index (χ0v) is 14.6. The summed E-state index contributed by atoms with van der Waals surface area (Å²) in [7, 11) is 1.68. The van der Waals surface area contributed by atoms with Crippen LogP contribution in [0.15, 0.2) is 22.7 Å². The highest BCUT2D eigenvalue weighted by Gasteiger charge is 2.14. The first-order valence-corrected chi connectivity index (χ1v) is 7.13. The van der Waals surface area contributed by atoms with Crippen molar-refractivity contribution in [3.63, 3.8) is 0 Å². The Morgan fingerprint density at radius 2 is 2.05 bits per heavy atom. The summed E-state index contributed by atoms with van der Waals surface area (Å²) in [5, 5.41) is 10.4. The number of aryl methyl sites for hydroxylation is 1. The summed E-state index contributed by atoms with van der Waals surface area (Å²) in [4.78, 5) is 10.7. The van der Waals surface area contributed by atoms with Crippen LogP contribution in [0.3, 0.4) is 0 Å². The van der Waals surface area contributed by atoms with Crippen molar-refractivity contribution in [2.45, 2.75) is 33.3 Å². The lowest BCUT2D eigenvalue weighted by atomic mass is 10.2. The fourth-order valence-electron chi connectivity index (χ4n) is 1.22. The summed E-state index contributed by atoms with van der Waals surface area (Å²) >= 11 is 3.36. The Morgan fingerprint density at radius 3 is 2.48 bits per heavy atom. The zero-order valence-electron chi connectivity index (χ0n) is 13.0. The van der Waals surface area contributed by atoms with E-state index >= 15 is 0 Å². The van der Waals surface area contributed by atoms with Crippen LogP contribution in [0.4, 0.5) is 4.79 Å². The van der Waals surface area contributed by atoms with Crippen LogP contribution in [0.2, 0.25) is 0 Å². The fraction of sp³-hybridized carbons (Fsp3) is 0.467. The number of nitriles is 1. The van der Waals surface area contributed by atoms with E-state index < -0.39 is 11.7 Å². The lowest BCUT2D eigenvalue weighted by Crippen LogP contribution is -2.32. The second-order valence-electron chi connectivity index (χ2n) is 5.13. The van der Waals surface area contributed by atoms with E-state index in [0.29, 0.717) is 0 Å². The van der Waals surface area contributed by atoms with Gasteiger partial charge in [-0.1, -0.05) is 22.0 Å². The summed E-state index contributed by atoms with van der Waals surface area (Å²) in [5.74, 6) is 0.925. The highest BCUT2D eigenvalue weighted by molar-refractivity contribution is 9.10. The van der Waals surface area contributed by atoms with Crippen molar-refractivity contribution in [1.29, 1.82) is 5.26 Å². The summed E-state index contributed by atoms with van der Waals surface area (Å²) in [6.45, 7) is 7.29. The number of ether oxygens (including phenoxy) is 2. The fourth-order valence-corrected chi connectivity index (χ4v) is 1.56. The molecule has 0 aliphatic rings. The van der Waals surface area contributed by atoms with Crippen LogP contribution < -0.4 is 10.1 Å². The van der Waals surface area contributed by atoms with Gasteiger partial charge in [0.15, 0.2) is 0 Å². The monoisotopic (exact) mass is 356 g/mol. The van der Waals surface area contributed by atoms with Crippen molar-refractivity contribution < 1.29 is 14.3 Å². The molecule has 0 aliphatic carbocycles. The molecule has 0 aromatic heterocycles. The molecule has 1 N–H and O–H groups in total. The van der Waals surface area contributed by atoms with Gasteiger partial charge in [0.25, 0.3) is 0 Å². The number of halogens is 1. The molecule has 1 amide bonds. The van der Waals surface area contributed by atoms with Crippen LogP contribution in [0.25, 0.3) is 0 Å². The van der Waals surface area contributed by atoms with Gasteiger partial charge in [-0.2, -0.15) is 5.26 Å². The molecule has 0 saturated carbocycles. The molecule has 0 heterocycles. The molecule has 21 heavy (non-hydrogen) atoms. The molecular weight excluding hydrogens is 336 g/mol. The Hall–Kier alpha value is -1.74. The molecule has 0 radical (unpaired) electrons. The molecule has 0 saturated heterocycles. The van der Waals surface area contributed by atoms with E-state index in [-0.39, 0.29) is 6.54 Å². The second kappa shape index (κ2) is 9.24. The maximum atomic E-state index is 10.7. The Labute approximate surface area is 134 Å². The standard InChI is InChI=1S/C8H9BrO.C7H12N2O2/c1-6-3-4-7(9)5-8(6)10-2;1-7(2,3)11-6(10)9-5-4-8/h3-5H,1-2H3;5H2,1-3H3,(H,9,10). The van der Waals surface area contributed by atoms with Crippen molar-refractivity contribution in [3.05, 3.63) is 28.2 Å². The first-order chi connectivity index (χ1) is 9.69. The SMILES string of the molecule is CC(C)(C)OC(=O)NCC#N.COc1cc(Br)ccc1C. The molecule has 0 aliphatic heterocycles. The highest BCUT2D eigenvalue weighted by atomic mass is 79.9. The average molecular weight is 357 g/mol. The average Bonchev–Trinajstić information content (AvgIpc) is 2.38. The molecule has 1 rings (SSSR count). The molecule has 0 bridgehead atoms. The molecule has 0 atom stereocenters. The predicted octanol–water partition coefficient (Wildman–Crippen LogP) is 3.80. The maximum absolute atomic E-state index is 10.7. The lowest BCUT2D eigenvalue weighted by molar-refractivity contribution is 0.0535. The number of hydrogen-bond acceptors (Lipinski definition) is 4. The summed E-state index contributed by atoms with van der Waals surface area (Å²) < 4.78 is 11.0. The summed E-state index contributed by atoms with van der Waals surface area (Å²) in [6, 6.07) is 7.74. The molecule has 5 nitrogen and oxygen atoms in total. The van der Waals surface area contributed by atoms with E-state index in [4.69, 9.17) is 14.7 Å². The Bertz CT molecular complexity index is 505. The lowest BCUT2D eigenvalue weighted by Gasteiger charge is -2.18. The summed E-state index contributed by atoms with van der Waals surface area (Å²) in [6.07, 6.45) is -0.556. The van der Waals surface area contributed by atoms with Crippen molar-refractivity contribution in [2.75, 3.05) is 13.7 Å². The van der Waals surface area contributed by atoms with Crippen LogP contribution in [0.1, 0.15) is 26.3 Å². The number of nitrogens with zero attached hydrogens (tertiary/aromatic N) is 1. The molecule has 0 spiro atoms. The minimum absolute atomic E-state index is 0.0189. The van der Waals surface area contributed by atoms with Crippen molar-refractivity contribution in [3.8, 4) is 11.8 Å². The van der Waals surface area contributed by atoms with Gasteiger partial charge in [-0.05, 0) is 45.4 Å². The number of carbonyl (C=O) groups excluding carboxylic acids is 1. The van der Waals surface area contributed by atoms with Gasteiger partial charge < -0.3 is 14.8 Å². The van der Waals surface area contributed by atoms with E-state index in [1.165, 1.54) is 0 Å². The highest BCUT2D eigenvalue weighted by Crippen LogP contribution is 2.21. The second-order valence-corrected chi connectivity index (χ2v) is 6.04. The maximum Gasteiger partial charge on any atom is 0.408 e. The number of hydrogen-bond donors (Lipinski definition) is 1. The first-order valence-electron chi connectivity index (χ1n) is 6.33. The zero-order chi connectivity index (χ0) is 16.5. The molecule has 1 aromatic carbocycles. The van der Waals surface area contributed by atoms with Gasteiger partial charge in [0.1, 0.15) is 17.9 Å². The quantitative estimate of drug-likeness (QED) is 0.818. The number of alkyl carbamates (subject to hydrolysis) is 1. The topological polar surface area (TPSA) is 71.3 Å². The molecular formula is C15H21BrN2O3. The Kier molecular flexibility index (Phi) is 8.48. The van der Waals surface area contributed by atoms with E-state index in [1.54, 1.807) is 34.0 Å². The molecule has 0 fully saturated rings. The van der Waals surface area contributed by atoms with Gasteiger partial charge in [0.05, 0.1) is 13.2 Å². The van der Waals surface area contributed by atoms with Gasteiger partial charge in [0, 0.05) is 4.47 Å². The van der Waals surface area contributed by atoms with Gasteiger partial charge in [-0.15, -0.1) is 0 Å². The van der Waals surface area contributed by atoms with Crippen LogP contribution >= 0.6 is 15.9 Å². The first kappa shape index (κ1) is 19.3. The predicted molar refractivity (Wildman–Crippen MR) is 85.3 cm³/mol. The minimum atomic E-state index is -0.556. The van der Waals surface area contributed by atoms with Gasteiger partial charge >= 0.3 is 6.09 Å². The van der Waals surface area contributed by atoms with E-state index in [1.807, 2.05) is 25.1 Å². The number of rotatable bonds is 2. The number of benzene rings is 1. The van der Waals surface area contributed by atoms with Gasteiger partial charge in [-0.3, -0.25) is 0 Å². The third-order valence-corrected chi connectivity index (χ3v) is 2.57. The van der Waals surface area contributed by atoms with E-state index in [0.717, 1.165) is 15.8 Å². The van der Waals surface area contributed by atoms with Crippen LogP contribution in [0, 0.1) is 18.3 Å². The normalized spacial score (nSPS) is 9.76. The van der Waals surface area contributed by atoms with Gasteiger partial charge in [-0.25, -0.2) is 4.79 Å². The molecule has 6 heteroatoms. The van der Waals surface area contributed by atoms with Crippen LogP contribution in [-0.2, 0) is 4.74 Å². The number of nitrogens with one attached hydrogen (secondary N) is 1. The summed E-state index contributed by atoms with van der Waals surface area (Å²) in [5.41, 5.74) is 0.658. The smallest absolute Gasteiger partial charge is 0.408 e. The van der Waals surface area contributed by atoms with Crippen LogP contribution in [0.5, 0.6) is 5.75 Å². The van der Waals surface area contributed by atoms with Gasteiger partial charge in [0.2, 0.25) is 0 Å².